The minimum Gasteiger partial charge on any atom is -0.260 e. The first-order valence-electron chi connectivity index (χ1n) is 39.5. The van der Waals surface area contributed by atoms with Gasteiger partial charge >= 0.3 is 0 Å². The van der Waals surface area contributed by atoms with Gasteiger partial charge in [-0.1, -0.05) is 24.3 Å². The van der Waals surface area contributed by atoms with E-state index in [0.717, 1.165) is 119 Å². The van der Waals surface area contributed by atoms with Crippen LogP contribution in [0, 0.1) is 152 Å². The van der Waals surface area contributed by atoms with Gasteiger partial charge in [0.1, 0.15) is 0 Å². The second-order valence-electron chi connectivity index (χ2n) is 31.9. The van der Waals surface area contributed by atoms with E-state index >= 15 is 0 Å². The maximum Gasteiger partial charge on any atom is 0.0759 e. The van der Waals surface area contributed by atoms with Crippen molar-refractivity contribution in [2.75, 3.05) is 0 Å². The molecule has 7 aliphatic carbocycles. The average Bonchev–Trinajstić information content (AvgIpc) is 1.62. The van der Waals surface area contributed by atoms with Crippen LogP contribution >= 0.6 is 0 Å². The van der Waals surface area contributed by atoms with Gasteiger partial charge in [-0.05, 0) is 297 Å². The maximum absolute atomic E-state index is 4.73. The van der Waals surface area contributed by atoms with Gasteiger partial charge in [-0.3, -0.25) is 69.8 Å². The number of hydrogen-bond donors (Lipinski definition) is 0. The lowest BCUT2D eigenvalue weighted by atomic mass is 9.97. The summed E-state index contributed by atoms with van der Waals surface area (Å²) in [5.41, 5.74) is 61.2. The molecule has 0 N–H and O–H groups in total. The molecular weight excluding hydrogens is 1390 g/mol. The van der Waals surface area contributed by atoms with E-state index in [1.54, 1.807) is 0 Å². The first-order valence-corrected chi connectivity index (χ1v) is 39.5. The summed E-state index contributed by atoms with van der Waals surface area (Å²) in [6, 6.07) is 32.3. The van der Waals surface area contributed by atoms with Crippen molar-refractivity contribution < 1.29 is 0 Å². The summed E-state index contributed by atoms with van der Waals surface area (Å²) in [7, 11) is 0. The van der Waals surface area contributed by atoms with E-state index in [1.807, 2.05) is 50.0 Å². The molecule has 0 aromatic carbocycles. The average molecular weight is 1490 g/mol. The molecule has 0 amide bonds. The zero-order chi connectivity index (χ0) is 79.9. The first-order chi connectivity index (χ1) is 54.0. The third kappa shape index (κ3) is 14.7. The molecule has 0 saturated heterocycles. The molecule has 0 aliphatic heterocycles. The Labute approximate surface area is 666 Å². The van der Waals surface area contributed by atoms with Crippen molar-refractivity contribution in [3.8, 4) is 78.0 Å². The van der Waals surface area contributed by atoms with Crippen molar-refractivity contribution in [2.45, 2.75) is 197 Å². The monoisotopic (exact) mass is 1480 g/mol. The Kier molecular flexibility index (Phi) is 20.7. The van der Waals surface area contributed by atoms with E-state index in [1.165, 1.54) is 207 Å². The van der Waals surface area contributed by atoms with E-state index in [-0.39, 0.29) is 0 Å². The third-order valence-electron chi connectivity index (χ3n) is 24.2. The standard InChI is InChI=1S/2C15H16N2.4C14H14N2.C13H12N2/c1-8-5-12-7-14-13(15(12)17-11(8)4)6-9(2)10(3)16-14;1-8-5-6-16-12-7-13-15(14(8)12)10(3)9(2)11(4)17-13;1-8-4-11-12-5-9(2)10(3)16-14(12)6-13(11)15-7-8;1-8-6-12-11-5-4-9(2)15-13(11)7-14(12)16-10(8)3;1-8-4-5-15-13-7-12-11(14(8)13)6-9(2)10(3)16-12;1-8-9(2)14-11-5-4-6-15-12(11)7-13(14)16-10(8)3;1-8-6-11-10-4-3-5-14-12(10)7-13(11)15-9(8)2/h2*5-6H,7H2,1-4H3;4-5,7H,6H2,1-3H3;3*4-6H,7H2,1-3H3;3-6H,7H2,1-2H3. The predicted octanol–water partition coefficient (Wildman–Crippen LogP) is 21.1. The summed E-state index contributed by atoms with van der Waals surface area (Å²) >= 11 is 0. The Bertz CT molecular complexity index is 6200. The van der Waals surface area contributed by atoms with Crippen LogP contribution in [0.15, 0.2) is 122 Å². The highest BCUT2D eigenvalue weighted by atomic mass is 14.8. The topological polar surface area (TPSA) is 180 Å². The van der Waals surface area contributed by atoms with Gasteiger partial charge in [0.2, 0.25) is 0 Å². The zero-order valence-electron chi connectivity index (χ0n) is 69.8. The second-order valence-corrected chi connectivity index (χ2v) is 31.9. The summed E-state index contributed by atoms with van der Waals surface area (Å²) < 4.78 is 0. The lowest BCUT2D eigenvalue weighted by molar-refractivity contribution is 1.01. The number of fused-ring (bicyclic) bond motifs is 21. The summed E-state index contributed by atoms with van der Waals surface area (Å²) in [4.78, 5) is 64.3. The predicted molar refractivity (Wildman–Crippen MR) is 456 cm³/mol. The van der Waals surface area contributed by atoms with Crippen LogP contribution in [0.1, 0.15) is 203 Å². The van der Waals surface area contributed by atoms with Crippen molar-refractivity contribution in [1.82, 2.24) is 69.8 Å². The Hall–Kier alpha value is -11.9. The Morgan fingerprint density at radius 2 is 0.575 bits per heavy atom. The summed E-state index contributed by atoms with van der Waals surface area (Å²) in [5, 5.41) is 0. The minimum atomic E-state index is 0.881. The molecule has 0 unspecified atom stereocenters. The fourth-order valence-electron chi connectivity index (χ4n) is 16.6. The molecule has 0 radical (unpaired) electrons. The number of aromatic nitrogens is 14. The summed E-state index contributed by atoms with van der Waals surface area (Å²) in [6.45, 7) is 46.4. The molecule has 14 aromatic rings. The van der Waals surface area contributed by atoms with Crippen molar-refractivity contribution >= 4 is 0 Å². The number of rotatable bonds is 0. The molecule has 7 aliphatic rings. The van der Waals surface area contributed by atoms with E-state index in [0.29, 0.717) is 0 Å². The molecule has 0 fully saturated rings. The number of hydrogen-bond acceptors (Lipinski definition) is 14. The van der Waals surface area contributed by atoms with Gasteiger partial charge < -0.3 is 0 Å². The van der Waals surface area contributed by atoms with Crippen LogP contribution in [-0.2, 0) is 44.9 Å². The van der Waals surface area contributed by atoms with Crippen LogP contribution in [-0.4, -0.2) is 69.8 Å². The van der Waals surface area contributed by atoms with Crippen molar-refractivity contribution in [2.24, 2.45) is 0 Å². The maximum atomic E-state index is 4.73. The first kappa shape index (κ1) is 76.5. The number of aryl methyl sites for hydroxylation is 18. The highest BCUT2D eigenvalue weighted by Crippen LogP contribution is 2.44. The molecule has 14 heteroatoms. The van der Waals surface area contributed by atoms with Gasteiger partial charge in [-0.15, -0.1) is 0 Å². The molecular formula is C99H100N14. The van der Waals surface area contributed by atoms with Crippen LogP contribution in [0.4, 0.5) is 0 Å². The highest BCUT2D eigenvalue weighted by Gasteiger charge is 2.30. The molecule has 14 nitrogen and oxygen atoms in total. The van der Waals surface area contributed by atoms with Crippen LogP contribution < -0.4 is 0 Å². The van der Waals surface area contributed by atoms with Crippen molar-refractivity contribution in [3.05, 3.63) is 325 Å². The van der Waals surface area contributed by atoms with E-state index in [4.69, 9.17) is 9.97 Å². The molecule has 0 saturated carbocycles. The van der Waals surface area contributed by atoms with Gasteiger partial charge in [-0.2, -0.15) is 0 Å². The molecule has 0 atom stereocenters. The minimum absolute atomic E-state index is 0.881. The number of pyridine rings is 14. The fourth-order valence-corrected chi connectivity index (χ4v) is 16.6. The van der Waals surface area contributed by atoms with Crippen LogP contribution in [0.3, 0.4) is 0 Å². The van der Waals surface area contributed by atoms with Gasteiger partial charge in [-0.25, -0.2) is 0 Å². The highest BCUT2D eigenvalue weighted by molar-refractivity contribution is 5.83. The fraction of sp³-hybridized carbons (Fsp3) is 0.293. The normalized spacial score (nSPS) is 12.4. The molecule has 113 heavy (non-hydrogen) atoms. The molecule has 0 spiro atoms. The van der Waals surface area contributed by atoms with Crippen LogP contribution in [0.2, 0.25) is 0 Å². The summed E-state index contributed by atoms with van der Waals surface area (Å²) in [6.07, 6.45) is 15.7. The Morgan fingerprint density at radius 3 is 1.14 bits per heavy atom. The van der Waals surface area contributed by atoms with Crippen LogP contribution in [0.25, 0.3) is 78.0 Å². The SMILES string of the molecule is Cc1cc2c(nc1C)Cc1cc(C)c(C)nc1-2.Cc1cc2c(nc1C)Cc1nccc(C)c1-2.Cc1cc2c(nc1C)Cc1ncccc1-2.Cc1ccc2c(n1)Cc1nc(C)c(C)cc1-2.Cc1ccnc2c1-c1c(nc(C)c(C)c1C)C2.Cc1cnc2c(c1)-c1cc(C)c(C)nc1C2.Cc1nc2c(c(C)c1C)-c1cccnc1C2. The van der Waals surface area contributed by atoms with E-state index < -0.39 is 0 Å². The lowest BCUT2D eigenvalue weighted by Crippen LogP contribution is -1.98. The number of nitrogens with zero attached hydrogens (tertiary/aromatic N) is 14. The second kappa shape index (κ2) is 30.6. The van der Waals surface area contributed by atoms with Crippen molar-refractivity contribution in [1.29, 1.82) is 0 Å². The molecule has 0 bridgehead atoms. The Morgan fingerprint density at radius 1 is 0.212 bits per heavy atom. The molecule has 14 heterocycles. The zero-order valence-corrected chi connectivity index (χ0v) is 69.8. The molecule has 14 aromatic heterocycles. The van der Waals surface area contributed by atoms with Crippen LogP contribution in [0.5, 0.6) is 0 Å². The lowest BCUT2D eigenvalue weighted by Gasteiger charge is -2.12. The van der Waals surface area contributed by atoms with E-state index in [9.17, 15) is 0 Å². The van der Waals surface area contributed by atoms with E-state index in [2.05, 4.69) is 284 Å². The van der Waals surface area contributed by atoms with Gasteiger partial charge in [0, 0.05) is 200 Å². The Balaban J connectivity index is 0.000000104. The van der Waals surface area contributed by atoms with Crippen molar-refractivity contribution in [3.63, 3.8) is 0 Å². The largest absolute Gasteiger partial charge is 0.260 e. The third-order valence-corrected chi connectivity index (χ3v) is 24.2. The smallest absolute Gasteiger partial charge is 0.0759 e. The van der Waals surface area contributed by atoms with Gasteiger partial charge in [0.05, 0.1) is 79.7 Å². The molecule has 21 rings (SSSR count). The van der Waals surface area contributed by atoms with Gasteiger partial charge in [0.25, 0.3) is 0 Å². The van der Waals surface area contributed by atoms with Gasteiger partial charge in [0.15, 0.2) is 0 Å². The summed E-state index contributed by atoms with van der Waals surface area (Å²) in [5.74, 6) is 0. The quantitative estimate of drug-likeness (QED) is 0.140. The molecule has 566 valence electrons.